The number of aromatic nitrogens is 2. The molecule has 3 aromatic rings. The van der Waals surface area contributed by atoms with Crippen LogP contribution in [0.15, 0.2) is 70.7 Å². The summed E-state index contributed by atoms with van der Waals surface area (Å²) in [6, 6.07) is 14.9. The van der Waals surface area contributed by atoms with Crippen LogP contribution < -0.4 is 5.32 Å². The molecule has 0 atom stereocenters. The summed E-state index contributed by atoms with van der Waals surface area (Å²) in [6.45, 7) is 7.12. The van der Waals surface area contributed by atoms with Gasteiger partial charge in [-0.3, -0.25) is 9.59 Å². The molecule has 0 saturated carbocycles. The average Bonchev–Trinajstić information content (AvgIpc) is 3.05. The number of nitrogens with zero attached hydrogens (tertiary/aromatic N) is 4. The molecule has 0 radical (unpaired) electrons. The first-order valence-electron chi connectivity index (χ1n) is 8.68. The number of hydrogen-bond donors (Lipinski definition) is 1. The van der Waals surface area contributed by atoms with E-state index in [2.05, 4.69) is 27.0 Å². The van der Waals surface area contributed by atoms with Gasteiger partial charge in [-0.15, -0.1) is 0 Å². The molecule has 0 bridgehead atoms. The molecule has 1 aliphatic rings. The Morgan fingerprint density at radius 2 is 1.82 bits per heavy atom. The number of rotatable bonds is 2. The highest BCUT2D eigenvalue weighted by Crippen LogP contribution is 2.21. The molecule has 1 N–H and O–H groups in total. The Labute approximate surface area is 161 Å². The van der Waals surface area contributed by atoms with Gasteiger partial charge in [-0.05, 0) is 30.7 Å². The summed E-state index contributed by atoms with van der Waals surface area (Å²) in [5.41, 5.74) is 1.90. The van der Waals surface area contributed by atoms with Crippen LogP contribution in [0.3, 0.4) is 0 Å². The number of aliphatic imine (C=N–C) groups is 2. The van der Waals surface area contributed by atoms with Gasteiger partial charge in [0.2, 0.25) is 0 Å². The number of amides is 2. The number of carbonyl (C=O) groups excluding carboxylic acids is 2. The molecule has 1 aliphatic heterocycles. The van der Waals surface area contributed by atoms with Gasteiger partial charge in [0, 0.05) is 11.6 Å². The summed E-state index contributed by atoms with van der Waals surface area (Å²) >= 11 is 0. The second-order valence-electron chi connectivity index (χ2n) is 6.46. The minimum Gasteiger partial charge on any atom is -0.306 e. The molecule has 4 rings (SSSR count). The van der Waals surface area contributed by atoms with Crippen molar-refractivity contribution in [1.82, 2.24) is 9.78 Å². The van der Waals surface area contributed by atoms with Crippen LogP contribution in [0.4, 0.5) is 5.82 Å². The van der Waals surface area contributed by atoms with Crippen molar-refractivity contribution in [3.8, 4) is 0 Å². The summed E-state index contributed by atoms with van der Waals surface area (Å²) in [6.07, 6.45) is 0. The number of hydrogen-bond acceptors (Lipinski definition) is 4. The van der Waals surface area contributed by atoms with E-state index in [1.54, 1.807) is 26.0 Å². The van der Waals surface area contributed by atoms with Crippen LogP contribution in [-0.4, -0.2) is 33.3 Å². The molecule has 28 heavy (non-hydrogen) atoms. The predicted molar refractivity (Wildman–Crippen MR) is 109 cm³/mol. The Morgan fingerprint density at radius 3 is 2.61 bits per heavy atom. The molecule has 2 heterocycles. The fraction of sp³-hybridized carbons (Fsp3) is 0.0952. The number of benzene rings is 2. The molecular weight excluding hydrogens is 354 g/mol. The highest BCUT2D eigenvalue weighted by Gasteiger charge is 2.22. The van der Waals surface area contributed by atoms with Crippen molar-refractivity contribution in [2.24, 2.45) is 9.98 Å². The van der Waals surface area contributed by atoms with Crippen molar-refractivity contribution in [3.05, 3.63) is 71.9 Å². The zero-order valence-electron chi connectivity index (χ0n) is 15.4. The summed E-state index contributed by atoms with van der Waals surface area (Å²) in [5.74, 6) is -0.282. The summed E-state index contributed by atoms with van der Waals surface area (Å²) < 4.78 is 1.35. The molecule has 2 amide bonds. The van der Waals surface area contributed by atoms with Gasteiger partial charge in [0.1, 0.15) is 5.82 Å². The molecule has 2 aromatic carbocycles. The van der Waals surface area contributed by atoms with E-state index in [0.29, 0.717) is 22.8 Å². The van der Waals surface area contributed by atoms with E-state index in [-0.39, 0.29) is 17.4 Å². The molecule has 0 aliphatic carbocycles. The van der Waals surface area contributed by atoms with Crippen molar-refractivity contribution in [2.75, 3.05) is 5.32 Å². The molecule has 7 nitrogen and oxygen atoms in total. The number of carbonyl (C=O) groups is 2. The van der Waals surface area contributed by atoms with Gasteiger partial charge in [-0.25, -0.2) is 4.99 Å². The largest absolute Gasteiger partial charge is 0.306 e. The zero-order chi connectivity index (χ0) is 19.8. The van der Waals surface area contributed by atoms with E-state index in [4.69, 9.17) is 0 Å². The predicted octanol–water partition coefficient (Wildman–Crippen LogP) is 3.36. The first-order chi connectivity index (χ1) is 13.4. The van der Waals surface area contributed by atoms with E-state index in [9.17, 15) is 9.59 Å². The third-order valence-corrected chi connectivity index (χ3v) is 4.46. The lowest BCUT2D eigenvalue weighted by Crippen LogP contribution is -2.25. The third kappa shape index (κ3) is 3.03. The van der Waals surface area contributed by atoms with Crippen molar-refractivity contribution in [2.45, 2.75) is 13.8 Å². The SMILES string of the molecule is C=C1C(=O)N=C(n2nc(C)cc2NC(=O)c2cccc3ccccc23)N=C1C. The minimum absolute atomic E-state index is 0.0937. The minimum atomic E-state index is -0.470. The first kappa shape index (κ1) is 17.5. The van der Waals surface area contributed by atoms with Crippen molar-refractivity contribution < 1.29 is 9.59 Å². The Kier molecular flexibility index (Phi) is 4.19. The van der Waals surface area contributed by atoms with Crippen LogP contribution in [0.1, 0.15) is 23.0 Å². The second-order valence-corrected chi connectivity index (χ2v) is 6.46. The lowest BCUT2D eigenvalue weighted by Gasteiger charge is -2.13. The maximum atomic E-state index is 12.9. The van der Waals surface area contributed by atoms with E-state index in [1.165, 1.54) is 4.68 Å². The van der Waals surface area contributed by atoms with Gasteiger partial charge < -0.3 is 5.32 Å². The number of aryl methyl sites for hydroxylation is 1. The average molecular weight is 371 g/mol. The lowest BCUT2D eigenvalue weighted by atomic mass is 10.0. The summed E-state index contributed by atoms with van der Waals surface area (Å²) in [7, 11) is 0. The van der Waals surface area contributed by atoms with E-state index < -0.39 is 5.91 Å². The number of fused-ring (bicyclic) bond motifs is 1. The van der Waals surface area contributed by atoms with Gasteiger partial charge in [-0.1, -0.05) is 43.0 Å². The maximum Gasteiger partial charge on any atom is 0.281 e. The number of anilines is 1. The van der Waals surface area contributed by atoms with E-state index in [1.807, 2.05) is 36.4 Å². The third-order valence-electron chi connectivity index (χ3n) is 4.46. The summed E-state index contributed by atoms with van der Waals surface area (Å²) in [5, 5.41) is 9.00. The molecule has 0 spiro atoms. The van der Waals surface area contributed by atoms with Gasteiger partial charge in [0.25, 0.3) is 17.8 Å². The molecule has 138 valence electrons. The van der Waals surface area contributed by atoms with E-state index in [0.717, 1.165) is 10.8 Å². The fourth-order valence-corrected chi connectivity index (χ4v) is 3.00. The molecule has 0 unspecified atom stereocenters. The van der Waals surface area contributed by atoms with Gasteiger partial charge in [0.05, 0.1) is 17.0 Å². The van der Waals surface area contributed by atoms with Crippen LogP contribution in [0, 0.1) is 6.92 Å². The van der Waals surface area contributed by atoms with Crippen LogP contribution >= 0.6 is 0 Å². The Hall–Kier alpha value is -3.87. The van der Waals surface area contributed by atoms with Crippen molar-refractivity contribution in [3.63, 3.8) is 0 Å². The molecule has 7 heteroatoms. The standard InChI is InChI=1S/C21H17N5O2/c1-12-11-18(26(25-12)21-22-14(3)13(2)19(27)24-21)23-20(28)17-10-6-8-15-7-4-5-9-16(15)17/h4-11H,2H2,1,3H3,(H,23,28). The van der Waals surface area contributed by atoms with Crippen LogP contribution in [0.2, 0.25) is 0 Å². The highest BCUT2D eigenvalue weighted by atomic mass is 16.2. The fourth-order valence-electron chi connectivity index (χ4n) is 3.00. The molecule has 0 fully saturated rings. The normalized spacial score (nSPS) is 14.1. The second kappa shape index (κ2) is 6.70. The quantitative estimate of drug-likeness (QED) is 0.701. The van der Waals surface area contributed by atoms with Crippen LogP contribution in [-0.2, 0) is 4.79 Å². The highest BCUT2D eigenvalue weighted by molar-refractivity contribution is 6.28. The van der Waals surface area contributed by atoms with Gasteiger partial charge in [-0.2, -0.15) is 14.8 Å². The van der Waals surface area contributed by atoms with Gasteiger partial charge >= 0.3 is 0 Å². The molecular formula is C21H17N5O2. The van der Waals surface area contributed by atoms with Crippen molar-refractivity contribution >= 4 is 40.1 Å². The van der Waals surface area contributed by atoms with Gasteiger partial charge in [0.15, 0.2) is 0 Å². The molecule has 1 aromatic heterocycles. The van der Waals surface area contributed by atoms with Crippen molar-refractivity contribution in [1.29, 1.82) is 0 Å². The lowest BCUT2D eigenvalue weighted by molar-refractivity contribution is -0.113. The van der Waals surface area contributed by atoms with Crippen LogP contribution in [0.5, 0.6) is 0 Å². The summed E-state index contributed by atoms with van der Waals surface area (Å²) in [4.78, 5) is 33.2. The Morgan fingerprint density at radius 1 is 1.07 bits per heavy atom. The smallest absolute Gasteiger partial charge is 0.281 e. The monoisotopic (exact) mass is 371 g/mol. The maximum absolute atomic E-state index is 12.9. The van der Waals surface area contributed by atoms with Crippen LogP contribution in [0.25, 0.3) is 10.8 Å². The van der Waals surface area contributed by atoms with E-state index >= 15 is 0 Å². The Balaban J connectivity index is 1.72. The molecule has 0 saturated heterocycles. The zero-order valence-corrected chi connectivity index (χ0v) is 15.4. The number of nitrogens with one attached hydrogen (secondary N) is 1. The Bertz CT molecular complexity index is 1210. The first-order valence-corrected chi connectivity index (χ1v) is 8.68. The topological polar surface area (TPSA) is 88.7 Å².